The van der Waals surface area contributed by atoms with Gasteiger partial charge in [-0.2, -0.15) is 0 Å². The molecule has 0 spiro atoms. The minimum Gasteiger partial charge on any atom is -0.420 e. The van der Waals surface area contributed by atoms with Crippen LogP contribution in [0.4, 0.5) is 5.13 Å². The van der Waals surface area contributed by atoms with Gasteiger partial charge in [-0.15, -0.1) is 20.4 Å². The first kappa shape index (κ1) is 20.8. The van der Waals surface area contributed by atoms with Crippen molar-refractivity contribution in [3.8, 4) is 22.7 Å². The number of thioether (sulfide) groups is 1. The van der Waals surface area contributed by atoms with E-state index in [4.69, 9.17) is 8.94 Å². The zero-order chi connectivity index (χ0) is 22.1. The highest BCUT2D eigenvalue weighted by atomic mass is 32.2. The first-order valence-corrected chi connectivity index (χ1v) is 12.1. The fourth-order valence-corrected chi connectivity index (χ4v) is 5.05. The van der Waals surface area contributed by atoms with E-state index in [1.165, 1.54) is 23.1 Å². The summed E-state index contributed by atoms with van der Waals surface area (Å²) in [4.78, 5) is 14.1. The van der Waals surface area contributed by atoms with Crippen LogP contribution >= 0.6 is 23.1 Å². The Morgan fingerprint density at radius 3 is 2.75 bits per heavy atom. The van der Waals surface area contributed by atoms with Crippen LogP contribution in [0.5, 0.6) is 0 Å². The fourth-order valence-electron chi connectivity index (χ4n) is 3.28. The maximum Gasteiger partial charge on any atom is 0.253 e. The van der Waals surface area contributed by atoms with Gasteiger partial charge in [-0.25, -0.2) is 0 Å². The third kappa shape index (κ3) is 4.17. The van der Waals surface area contributed by atoms with Crippen molar-refractivity contribution >= 4 is 34.1 Å². The minimum atomic E-state index is 0.0834. The van der Waals surface area contributed by atoms with E-state index in [2.05, 4.69) is 25.6 Å². The molecule has 0 atom stereocenters. The third-order valence-electron chi connectivity index (χ3n) is 4.99. The third-order valence-corrected chi connectivity index (χ3v) is 7.04. The van der Waals surface area contributed by atoms with Crippen molar-refractivity contribution in [2.75, 3.05) is 4.90 Å². The molecule has 1 aromatic carbocycles. The van der Waals surface area contributed by atoms with Crippen LogP contribution in [-0.4, -0.2) is 37.5 Å². The standard InChI is InChI=1S/C21H20N6O3S2/c1-3-16(28)27(14-9-10-14)20-24-25-21(32-20)31-11-15-22-23-19(29-15)17-12(2)30-26-18(17)13-7-5-4-6-8-13/h4-8,14H,3,9-11H2,1-2H3. The van der Waals surface area contributed by atoms with Crippen LogP contribution in [0.2, 0.25) is 0 Å². The van der Waals surface area contributed by atoms with Gasteiger partial charge < -0.3 is 8.94 Å². The summed E-state index contributed by atoms with van der Waals surface area (Å²) in [6.45, 7) is 3.68. The van der Waals surface area contributed by atoms with Crippen LogP contribution in [0.25, 0.3) is 22.7 Å². The smallest absolute Gasteiger partial charge is 0.253 e. The second-order valence-corrected chi connectivity index (χ2v) is 9.50. The summed E-state index contributed by atoms with van der Waals surface area (Å²) in [6, 6.07) is 9.99. The Balaban J connectivity index is 1.30. The molecule has 164 valence electrons. The summed E-state index contributed by atoms with van der Waals surface area (Å²) < 4.78 is 12.0. The van der Waals surface area contributed by atoms with Gasteiger partial charge in [0.1, 0.15) is 17.0 Å². The average Bonchev–Trinajstić information content (AvgIpc) is 3.19. The van der Waals surface area contributed by atoms with Gasteiger partial charge in [-0.05, 0) is 19.8 Å². The number of benzene rings is 1. The van der Waals surface area contributed by atoms with Crippen molar-refractivity contribution < 1.29 is 13.7 Å². The second kappa shape index (κ2) is 8.83. The molecule has 9 nitrogen and oxygen atoms in total. The fraction of sp³-hybridized carbons (Fsp3) is 0.333. The number of aryl methyl sites for hydroxylation is 1. The lowest BCUT2D eigenvalue weighted by Gasteiger charge is -2.17. The van der Waals surface area contributed by atoms with Crippen molar-refractivity contribution in [3.05, 3.63) is 42.0 Å². The Labute approximate surface area is 192 Å². The summed E-state index contributed by atoms with van der Waals surface area (Å²) in [5, 5.41) is 21.6. The zero-order valence-electron chi connectivity index (χ0n) is 17.5. The molecule has 3 heterocycles. The Morgan fingerprint density at radius 2 is 2.00 bits per heavy atom. The van der Waals surface area contributed by atoms with E-state index < -0.39 is 0 Å². The van der Waals surface area contributed by atoms with Gasteiger partial charge in [0.25, 0.3) is 5.89 Å². The van der Waals surface area contributed by atoms with Crippen molar-refractivity contribution in [2.45, 2.75) is 49.2 Å². The summed E-state index contributed by atoms with van der Waals surface area (Å²) in [7, 11) is 0. The summed E-state index contributed by atoms with van der Waals surface area (Å²) in [5.74, 6) is 1.97. The summed E-state index contributed by atoms with van der Waals surface area (Å²) in [6.07, 6.45) is 2.49. The Kier molecular flexibility index (Phi) is 5.75. The molecule has 1 saturated carbocycles. The molecular weight excluding hydrogens is 448 g/mol. The first-order valence-electron chi connectivity index (χ1n) is 10.3. The van der Waals surface area contributed by atoms with Gasteiger partial charge in [-0.3, -0.25) is 9.69 Å². The molecule has 0 saturated heterocycles. The van der Waals surface area contributed by atoms with Crippen molar-refractivity contribution in [3.63, 3.8) is 0 Å². The molecule has 0 N–H and O–H groups in total. The molecule has 4 aromatic rings. The molecule has 1 amide bonds. The van der Waals surface area contributed by atoms with Crippen LogP contribution in [0.1, 0.15) is 37.8 Å². The van der Waals surface area contributed by atoms with Gasteiger partial charge in [0.05, 0.1) is 5.75 Å². The SMILES string of the molecule is CCC(=O)N(c1nnc(SCc2nnc(-c3c(-c4ccccc4)noc3C)o2)s1)C1CC1. The van der Waals surface area contributed by atoms with Crippen LogP contribution in [0.15, 0.2) is 43.6 Å². The van der Waals surface area contributed by atoms with Crippen molar-refractivity contribution in [1.82, 2.24) is 25.6 Å². The number of hydrogen-bond acceptors (Lipinski definition) is 10. The summed E-state index contributed by atoms with van der Waals surface area (Å²) in [5.41, 5.74) is 2.27. The quantitative estimate of drug-likeness (QED) is 0.267. The Bertz CT molecular complexity index is 1230. The number of hydrogen-bond donors (Lipinski definition) is 0. The minimum absolute atomic E-state index is 0.0834. The Morgan fingerprint density at radius 1 is 1.19 bits per heavy atom. The zero-order valence-corrected chi connectivity index (χ0v) is 19.2. The van der Waals surface area contributed by atoms with Gasteiger partial charge in [0, 0.05) is 18.0 Å². The molecule has 5 rings (SSSR count). The van der Waals surface area contributed by atoms with Crippen molar-refractivity contribution in [2.24, 2.45) is 0 Å². The number of amides is 1. The number of rotatable bonds is 8. The van der Waals surface area contributed by atoms with E-state index in [1.54, 1.807) is 4.90 Å². The lowest BCUT2D eigenvalue weighted by Crippen LogP contribution is -2.32. The molecule has 1 aliphatic carbocycles. The predicted molar refractivity (Wildman–Crippen MR) is 120 cm³/mol. The van der Waals surface area contributed by atoms with E-state index in [1.807, 2.05) is 44.2 Å². The molecule has 1 aliphatic rings. The van der Waals surface area contributed by atoms with E-state index in [0.29, 0.717) is 46.1 Å². The topological polar surface area (TPSA) is 111 Å². The lowest BCUT2D eigenvalue weighted by atomic mass is 10.1. The molecule has 0 radical (unpaired) electrons. The second-order valence-electron chi connectivity index (χ2n) is 7.32. The van der Waals surface area contributed by atoms with Crippen LogP contribution < -0.4 is 4.90 Å². The molecule has 0 unspecified atom stereocenters. The van der Waals surface area contributed by atoms with E-state index >= 15 is 0 Å². The molecule has 0 bridgehead atoms. The highest BCUT2D eigenvalue weighted by molar-refractivity contribution is 8.00. The first-order chi connectivity index (χ1) is 15.6. The molecule has 11 heteroatoms. The maximum atomic E-state index is 12.3. The number of carbonyl (C=O) groups excluding carboxylic acids is 1. The largest absolute Gasteiger partial charge is 0.420 e. The van der Waals surface area contributed by atoms with E-state index in [9.17, 15) is 4.79 Å². The van der Waals surface area contributed by atoms with Gasteiger partial charge in [0.15, 0.2) is 4.34 Å². The molecule has 32 heavy (non-hydrogen) atoms. The monoisotopic (exact) mass is 468 g/mol. The number of aromatic nitrogens is 5. The highest BCUT2D eigenvalue weighted by Crippen LogP contribution is 2.37. The molecular formula is C21H20N6O3S2. The highest BCUT2D eigenvalue weighted by Gasteiger charge is 2.35. The molecule has 1 fully saturated rings. The maximum absolute atomic E-state index is 12.3. The van der Waals surface area contributed by atoms with Crippen LogP contribution in [0.3, 0.4) is 0 Å². The summed E-state index contributed by atoms with van der Waals surface area (Å²) >= 11 is 2.86. The number of anilines is 1. The molecule has 3 aromatic heterocycles. The van der Waals surface area contributed by atoms with Gasteiger partial charge in [-0.1, -0.05) is 65.5 Å². The van der Waals surface area contributed by atoms with E-state index in [0.717, 1.165) is 22.7 Å². The lowest BCUT2D eigenvalue weighted by molar-refractivity contribution is -0.118. The molecule has 0 aliphatic heterocycles. The predicted octanol–water partition coefficient (Wildman–Crippen LogP) is 4.75. The number of nitrogens with zero attached hydrogens (tertiary/aromatic N) is 6. The van der Waals surface area contributed by atoms with Crippen molar-refractivity contribution in [1.29, 1.82) is 0 Å². The van der Waals surface area contributed by atoms with Crippen LogP contribution in [-0.2, 0) is 10.5 Å². The Hall–Kier alpha value is -3.05. The van der Waals surface area contributed by atoms with E-state index in [-0.39, 0.29) is 11.9 Å². The van der Waals surface area contributed by atoms with Gasteiger partial charge in [0.2, 0.25) is 16.9 Å². The van der Waals surface area contributed by atoms with Crippen LogP contribution in [0, 0.1) is 6.92 Å². The number of carbonyl (C=O) groups is 1. The normalized spacial score (nSPS) is 13.4. The van der Waals surface area contributed by atoms with Gasteiger partial charge >= 0.3 is 0 Å². The average molecular weight is 469 g/mol.